The van der Waals surface area contributed by atoms with Gasteiger partial charge >= 0.3 is 0 Å². The van der Waals surface area contributed by atoms with E-state index in [9.17, 15) is 0 Å². The fraction of sp³-hybridized carbons (Fsp3) is 0.222. The average molecular weight is 245 g/mol. The van der Waals surface area contributed by atoms with Crippen molar-refractivity contribution in [2.45, 2.75) is 11.3 Å². The molecule has 0 amide bonds. The van der Waals surface area contributed by atoms with Crippen LogP contribution in [0.25, 0.3) is 10.2 Å². The van der Waals surface area contributed by atoms with Crippen molar-refractivity contribution in [3.63, 3.8) is 0 Å². The Labute approximate surface area is 95.5 Å². The number of thiazole rings is 1. The predicted molar refractivity (Wildman–Crippen MR) is 65.4 cm³/mol. The molecule has 2 aromatic rings. The summed E-state index contributed by atoms with van der Waals surface area (Å²) in [6.07, 6.45) is 0. The summed E-state index contributed by atoms with van der Waals surface area (Å²) in [4.78, 5) is 4.45. The van der Waals surface area contributed by atoms with Gasteiger partial charge < -0.3 is 5.73 Å². The Hall–Kier alpha value is -0.450. The highest BCUT2D eigenvalue weighted by molar-refractivity contribution is 8.01. The van der Waals surface area contributed by atoms with Gasteiger partial charge in [-0.05, 0) is 17.9 Å². The van der Waals surface area contributed by atoms with E-state index in [1.165, 1.54) is 0 Å². The van der Waals surface area contributed by atoms with Crippen LogP contribution in [0.5, 0.6) is 0 Å². The van der Waals surface area contributed by atoms with E-state index < -0.39 is 0 Å². The number of hydrogen-bond donors (Lipinski definition) is 1. The minimum atomic E-state index is 0.579. The molecule has 74 valence electrons. The van der Waals surface area contributed by atoms with Crippen molar-refractivity contribution in [3.05, 3.63) is 17.2 Å². The molecular weight excluding hydrogens is 236 g/mol. The summed E-state index contributed by atoms with van der Waals surface area (Å²) >= 11 is 9.30. The van der Waals surface area contributed by atoms with E-state index in [4.69, 9.17) is 17.3 Å². The Morgan fingerprint density at radius 2 is 2.36 bits per heavy atom. The first kappa shape index (κ1) is 10.1. The molecule has 0 bridgehead atoms. The zero-order valence-electron chi connectivity index (χ0n) is 7.58. The van der Waals surface area contributed by atoms with Gasteiger partial charge in [-0.1, -0.05) is 30.3 Å². The first-order chi connectivity index (χ1) is 6.70. The summed E-state index contributed by atoms with van der Waals surface area (Å²) in [6.45, 7) is 2.11. The van der Waals surface area contributed by atoms with Crippen molar-refractivity contribution in [2.75, 3.05) is 11.5 Å². The number of fused-ring (bicyclic) bond motifs is 1. The molecule has 0 aliphatic carbocycles. The molecule has 0 fully saturated rings. The number of aromatic nitrogens is 1. The number of rotatable bonds is 2. The molecule has 0 saturated carbocycles. The predicted octanol–water partition coefficient (Wildman–Crippen LogP) is 3.64. The first-order valence-electron chi connectivity index (χ1n) is 4.19. The second-order valence-electron chi connectivity index (χ2n) is 2.75. The average Bonchev–Trinajstić information content (AvgIpc) is 2.48. The molecule has 5 heteroatoms. The van der Waals surface area contributed by atoms with Crippen LogP contribution >= 0.6 is 34.7 Å². The van der Waals surface area contributed by atoms with Crippen LogP contribution in [0.15, 0.2) is 16.5 Å². The minimum Gasteiger partial charge on any atom is -0.397 e. The lowest BCUT2D eigenvalue weighted by atomic mass is 10.3. The Morgan fingerprint density at radius 3 is 3.07 bits per heavy atom. The number of anilines is 1. The van der Waals surface area contributed by atoms with Crippen molar-refractivity contribution in [2.24, 2.45) is 0 Å². The van der Waals surface area contributed by atoms with Gasteiger partial charge in [-0.25, -0.2) is 4.98 Å². The highest BCUT2D eigenvalue weighted by Crippen LogP contribution is 2.33. The monoisotopic (exact) mass is 244 g/mol. The molecular formula is C9H9ClN2S2. The summed E-state index contributed by atoms with van der Waals surface area (Å²) < 4.78 is 2.17. The Bertz CT molecular complexity index is 428. The van der Waals surface area contributed by atoms with E-state index in [1.807, 2.05) is 12.1 Å². The van der Waals surface area contributed by atoms with Gasteiger partial charge in [-0.2, -0.15) is 0 Å². The van der Waals surface area contributed by atoms with Crippen LogP contribution in [-0.4, -0.2) is 10.7 Å². The van der Waals surface area contributed by atoms with Crippen LogP contribution in [0.3, 0.4) is 0 Å². The summed E-state index contributed by atoms with van der Waals surface area (Å²) in [5.41, 5.74) is 7.27. The summed E-state index contributed by atoms with van der Waals surface area (Å²) in [6, 6.07) is 3.71. The van der Waals surface area contributed by atoms with Crippen LogP contribution in [0.4, 0.5) is 5.69 Å². The fourth-order valence-electron chi connectivity index (χ4n) is 1.13. The van der Waals surface area contributed by atoms with E-state index in [2.05, 4.69) is 11.9 Å². The topological polar surface area (TPSA) is 38.9 Å². The number of thioether (sulfide) groups is 1. The lowest BCUT2D eigenvalue weighted by molar-refractivity contribution is 1.30. The van der Waals surface area contributed by atoms with Gasteiger partial charge in [-0.3, -0.25) is 0 Å². The van der Waals surface area contributed by atoms with Crippen molar-refractivity contribution in [1.29, 1.82) is 0 Å². The SMILES string of the molecule is CCSc1nc2cc(Cl)c(N)cc2s1. The highest BCUT2D eigenvalue weighted by atomic mass is 35.5. The summed E-state index contributed by atoms with van der Waals surface area (Å²) in [5.74, 6) is 1.03. The highest BCUT2D eigenvalue weighted by Gasteiger charge is 2.06. The molecule has 1 aromatic carbocycles. The first-order valence-corrected chi connectivity index (χ1v) is 6.37. The Balaban J connectivity index is 2.54. The van der Waals surface area contributed by atoms with E-state index >= 15 is 0 Å². The van der Waals surface area contributed by atoms with Crippen LogP contribution in [0, 0.1) is 0 Å². The number of nitrogen functional groups attached to an aromatic ring is 1. The van der Waals surface area contributed by atoms with Crippen molar-refractivity contribution >= 4 is 50.6 Å². The smallest absolute Gasteiger partial charge is 0.151 e. The number of benzene rings is 1. The van der Waals surface area contributed by atoms with Crippen molar-refractivity contribution in [3.8, 4) is 0 Å². The molecule has 2 N–H and O–H groups in total. The number of hydrogen-bond acceptors (Lipinski definition) is 4. The third-order valence-corrected chi connectivity index (χ3v) is 4.13. The third-order valence-electron chi connectivity index (χ3n) is 1.76. The van der Waals surface area contributed by atoms with E-state index in [1.54, 1.807) is 23.1 Å². The molecule has 0 atom stereocenters. The van der Waals surface area contributed by atoms with Crippen molar-refractivity contribution < 1.29 is 0 Å². The number of nitrogens with two attached hydrogens (primary N) is 1. The maximum absolute atomic E-state index is 5.91. The molecule has 14 heavy (non-hydrogen) atoms. The van der Waals surface area contributed by atoms with E-state index in [0.29, 0.717) is 10.7 Å². The van der Waals surface area contributed by atoms with Crippen LogP contribution in [0.1, 0.15) is 6.92 Å². The van der Waals surface area contributed by atoms with Crippen molar-refractivity contribution in [1.82, 2.24) is 4.98 Å². The molecule has 0 saturated heterocycles. The molecule has 2 rings (SSSR count). The van der Waals surface area contributed by atoms with Gasteiger partial charge in [-0.15, -0.1) is 11.3 Å². The number of nitrogens with zero attached hydrogens (tertiary/aromatic N) is 1. The Morgan fingerprint density at radius 1 is 1.57 bits per heavy atom. The summed E-state index contributed by atoms with van der Waals surface area (Å²) in [5, 5.41) is 0.579. The minimum absolute atomic E-state index is 0.579. The van der Waals surface area contributed by atoms with Gasteiger partial charge in [0.25, 0.3) is 0 Å². The largest absolute Gasteiger partial charge is 0.397 e. The molecule has 1 aromatic heterocycles. The van der Waals surface area contributed by atoms with Gasteiger partial charge in [0.2, 0.25) is 0 Å². The molecule has 0 aliphatic rings. The van der Waals surface area contributed by atoms with E-state index in [0.717, 1.165) is 20.3 Å². The summed E-state index contributed by atoms with van der Waals surface area (Å²) in [7, 11) is 0. The van der Waals surface area contributed by atoms with Gasteiger partial charge in [0.1, 0.15) is 0 Å². The zero-order valence-corrected chi connectivity index (χ0v) is 9.97. The molecule has 1 heterocycles. The fourth-order valence-corrected chi connectivity index (χ4v) is 3.28. The quantitative estimate of drug-likeness (QED) is 0.648. The van der Waals surface area contributed by atoms with Gasteiger partial charge in [0.15, 0.2) is 4.34 Å². The zero-order chi connectivity index (χ0) is 10.1. The lowest BCUT2D eigenvalue weighted by Crippen LogP contribution is -1.84. The van der Waals surface area contributed by atoms with Crippen LogP contribution in [-0.2, 0) is 0 Å². The Kier molecular flexibility index (Phi) is 2.85. The lowest BCUT2D eigenvalue weighted by Gasteiger charge is -1.94. The molecule has 2 nitrogen and oxygen atoms in total. The maximum Gasteiger partial charge on any atom is 0.151 e. The number of halogens is 1. The van der Waals surface area contributed by atoms with Gasteiger partial charge in [0, 0.05) is 0 Å². The second kappa shape index (κ2) is 3.96. The molecule has 0 spiro atoms. The normalized spacial score (nSPS) is 11.0. The van der Waals surface area contributed by atoms with Gasteiger partial charge in [0.05, 0.1) is 20.9 Å². The maximum atomic E-state index is 5.91. The molecule has 0 aliphatic heterocycles. The van der Waals surface area contributed by atoms with Crippen LogP contribution < -0.4 is 5.73 Å². The molecule has 0 unspecified atom stereocenters. The molecule has 0 radical (unpaired) electrons. The van der Waals surface area contributed by atoms with E-state index in [-0.39, 0.29) is 0 Å². The second-order valence-corrected chi connectivity index (χ2v) is 5.70. The third kappa shape index (κ3) is 1.82. The standard InChI is InChI=1S/C9H9ClN2S2/c1-2-13-9-12-7-3-5(10)6(11)4-8(7)14-9/h3-4H,2,11H2,1H3. The van der Waals surface area contributed by atoms with Crippen LogP contribution in [0.2, 0.25) is 5.02 Å².